The third kappa shape index (κ3) is 3.38. The Morgan fingerprint density at radius 1 is 1.67 bits per heavy atom. The first-order chi connectivity index (χ1) is 7.13. The van der Waals surface area contributed by atoms with Gasteiger partial charge in [-0.1, -0.05) is 6.07 Å². The molecule has 0 fully saturated rings. The van der Waals surface area contributed by atoms with Crippen LogP contribution in [0.4, 0.5) is 0 Å². The Balaban J connectivity index is 2.73. The monoisotopic (exact) mass is 208 g/mol. The van der Waals surface area contributed by atoms with Gasteiger partial charge in [0.15, 0.2) is 0 Å². The van der Waals surface area contributed by atoms with Gasteiger partial charge >= 0.3 is 5.97 Å². The van der Waals surface area contributed by atoms with Crippen LogP contribution >= 0.6 is 0 Å². The molecule has 80 valence electrons. The number of nitrogens with one attached hydrogen (secondary N) is 1. The highest BCUT2D eigenvalue weighted by atomic mass is 16.4. The quantitative estimate of drug-likeness (QED) is 0.674. The van der Waals surface area contributed by atoms with Crippen molar-refractivity contribution in [2.24, 2.45) is 0 Å². The van der Waals surface area contributed by atoms with Gasteiger partial charge in [-0.2, -0.15) is 0 Å². The van der Waals surface area contributed by atoms with E-state index in [9.17, 15) is 9.59 Å². The van der Waals surface area contributed by atoms with E-state index in [4.69, 9.17) is 5.11 Å². The molecule has 0 aliphatic heterocycles. The molecule has 1 aromatic heterocycles. The minimum Gasteiger partial charge on any atom is -0.480 e. The molecule has 5 nitrogen and oxygen atoms in total. The number of nitrogens with zero attached hydrogens (tertiary/aromatic N) is 1. The summed E-state index contributed by atoms with van der Waals surface area (Å²) in [6, 6.07) is 4.44. The summed E-state index contributed by atoms with van der Waals surface area (Å²) in [6.07, 6.45) is 0.574. The van der Waals surface area contributed by atoms with Crippen LogP contribution in [-0.2, 0) is 16.0 Å². The normalized spacial score (nSPS) is 11.8. The molecule has 0 saturated carbocycles. The molecule has 0 aliphatic rings. The molecule has 0 aromatic carbocycles. The second kappa shape index (κ2) is 5.09. The number of carbonyl (C=O) groups excluding carboxylic acids is 1. The molecule has 0 radical (unpaired) electrons. The number of carboxylic acid groups (broad SMARTS) is 1. The lowest BCUT2D eigenvalue weighted by molar-refractivity contribution is -0.140. The predicted octanol–water partition coefficient (Wildman–Crippen LogP) is 0.132. The summed E-state index contributed by atoms with van der Waals surface area (Å²) in [5.41, 5.74) is 1.47. The minimum absolute atomic E-state index is 0.190. The van der Waals surface area contributed by atoms with Gasteiger partial charge < -0.3 is 10.4 Å². The van der Waals surface area contributed by atoms with Crippen molar-refractivity contribution in [3.63, 3.8) is 0 Å². The van der Waals surface area contributed by atoms with Crippen LogP contribution in [0.1, 0.15) is 11.4 Å². The highest BCUT2D eigenvalue weighted by Crippen LogP contribution is 2.02. The molecular formula is C10H12N2O3. The fourth-order valence-corrected chi connectivity index (χ4v) is 1.22. The number of hydrogen-bond donors (Lipinski definition) is 2. The van der Waals surface area contributed by atoms with Crippen LogP contribution in [-0.4, -0.2) is 28.5 Å². The third-order valence-corrected chi connectivity index (χ3v) is 1.93. The van der Waals surface area contributed by atoms with Crippen molar-refractivity contribution in [2.45, 2.75) is 19.4 Å². The Bertz CT molecular complexity index is 365. The summed E-state index contributed by atoms with van der Waals surface area (Å²) in [6.45, 7) is 1.83. The van der Waals surface area contributed by atoms with E-state index in [2.05, 4.69) is 10.3 Å². The van der Waals surface area contributed by atoms with Crippen molar-refractivity contribution >= 4 is 12.4 Å². The van der Waals surface area contributed by atoms with Crippen molar-refractivity contribution in [1.82, 2.24) is 10.3 Å². The summed E-state index contributed by atoms with van der Waals surface area (Å²) >= 11 is 0. The van der Waals surface area contributed by atoms with E-state index in [1.165, 1.54) is 0 Å². The maximum atomic E-state index is 10.7. The number of amides is 1. The van der Waals surface area contributed by atoms with E-state index < -0.39 is 12.0 Å². The molecule has 0 aliphatic carbocycles. The molecule has 1 unspecified atom stereocenters. The first kappa shape index (κ1) is 11.2. The second-order valence-corrected chi connectivity index (χ2v) is 3.15. The van der Waals surface area contributed by atoms with Crippen LogP contribution in [0.25, 0.3) is 0 Å². The third-order valence-electron chi connectivity index (χ3n) is 1.93. The molecule has 1 aromatic rings. The van der Waals surface area contributed by atoms with E-state index in [0.717, 1.165) is 5.69 Å². The molecule has 0 saturated heterocycles. The molecule has 2 N–H and O–H groups in total. The number of aliphatic carboxylic acids is 1. The molecule has 1 heterocycles. The number of pyridine rings is 1. The van der Waals surface area contributed by atoms with Crippen LogP contribution in [0, 0.1) is 6.92 Å². The Hall–Kier alpha value is -1.91. The van der Waals surface area contributed by atoms with Crippen LogP contribution in [0.15, 0.2) is 18.2 Å². The summed E-state index contributed by atoms with van der Waals surface area (Å²) in [4.78, 5) is 25.1. The van der Waals surface area contributed by atoms with Gasteiger partial charge in [0.05, 0.1) is 0 Å². The number of aryl methyl sites for hydroxylation is 1. The lowest BCUT2D eigenvalue weighted by Crippen LogP contribution is -2.37. The number of carbonyl (C=O) groups is 2. The van der Waals surface area contributed by atoms with Gasteiger partial charge in [-0.3, -0.25) is 9.78 Å². The molecule has 0 spiro atoms. The van der Waals surface area contributed by atoms with Crippen molar-refractivity contribution in [2.75, 3.05) is 0 Å². The van der Waals surface area contributed by atoms with Gasteiger partial charge in [-0.05, 0) is 19.1 Å². The summed E-state index contributed by atoms with van der Waals surface area (Å²) < 4.78 is 0. The lowest BCUT2D eigenvalue weighted by Gasteiger charge is -2.10. The lowest BCUT2D eigenvalue weighted by atomic mass is 10.1. The van der Waals surface area contributed by atoms with E-state index in [1.54, 1.807) is 12.1 Å². The Morgan fingerprint density at radius 3 is 2.93 bits per heavy atom. The maximum absolute atomic E-state index is 10.7. The molecule has 15 heavy (non-hydrogen) atoms. The average Bonchev–Trinajstić information content (AvgIpc) is 2.17. The Kier molecular flexibility index (Phi) is 3.79. The topological polar surface area (TPSA) is 79.3 Å². The van der Waals surface area contributed by atoms with Crippen molar-refractivity contribution in [1.29, 1.82) is 0 Å². The van der Waals surface area contributed by atoms with Gasteiger partial charge in [0.25, 0.3) is 0 Å². The standard InChI is InChI=1S/C10H12N2O3/c1-7-3-2-4-8(12-7)5-9(10(14)15)11-6-13/h2-4,6,9H,5H2,1H3,(H,11,13)(H,14,15). The summed E-state index contributed by atoms with van der Waals surface area (Å²) in [5, 5.41) is 11.0. The zero-order valence-corrected chi connectivity index (χ0v) is 8.30. The molecule has 1 rings (SSSR count). The van der Waals surface area contributed by atoms with Crippen molar-refractivity contribution in [3.05, 3.63) is 29.6 Å². The smallest absolute Gasteiger partial charge is 0.326 e. The SMILES string of the molecule is Cc1cccc(CC(NC=O)C(=O)O)n1. The van der Waals surface area contributed by atoms with E-state index >= 15 is 0 Å². The fraction of sp³-hybridized carbons (Fsp3) is 0.300. The van der Waals surface area contributed by atoms with Gasteiger partial charge in [-0.25, -0.2) is 4.79 Å². The van der Waals surface area contributed by atoms with Crippen LogP contribution in [0.2, 0.25) is 0 Å². The molecule has 1 amide bonds. The maximum Gasteiger partial charge on any atom is 0.326 e. The largest absolute Gasteiger partial charge is 0.480 e. The number of aromatic nitrogens is 1. The highest BCUT2D eigenvalue weighted by molar-refractivity contribution is 5.76. The average molecular weight is 208 g/mol. The first-order valence-electron chi connectivity index (χ1n) is 4.48. The van der Waals surface area contributed by atoms with Gasteiger partial charge in [0.2, 0.25) is 6.41 Å². The molecule has 1 atom stereocenters. The summed E-state index contributed by atoms with van der Waals surface area (Å²) in [5.74, 6) is -1.06. The number of carboxylic acids is 1. The summed E-state index contributed by atoms with van der Waals surface area (Å²) in [7, 11) is 0. The zero-order chi connectivity index (χ0) is 11.3. The Morgan fingerprint density at radius 2 is 2.40 bits per heavy atom. The molecular weight excluding hydrogens is 196 g/mol. The molecule has 0 bridgehead atoms. The fourth-order valence-electron chi connectivity index (χ4n) is 1.22. The predicted molar refractivity (Wildman–Crippen MR) is 53.3 cm³/mol. The van der Waals surface area contributed by atoms with Crippen LogP contribution in [0.5, 0.6) is 0 Å². The Labute approximate surface area is 87.1 Å². The van der Waals surface area contributed by atoms with Crippen molar-refractivity contribution < 1.29 is 14.7 Å². The van der Waals surface area contributed by atoms with E-state index in [0.29, 0.717) is 12.1 Å². The highest BCUT2D eigenvalue weighted by Gasteiger charge is 2.17. The number of rotatable bonds is 5. The van der Waals surface area contributed by atoms with Gasteiger partial charge in [0, 0.05) is 17.8 Å². The first-order valence-corrected chi connectivity index (χ1v) is 4.48. The van der Waals surface area contributed by atoms with Gasteiger partial charge in [0.1, 0.15) is 6.04 Å². The molecule has 5 heteroatoms. The van der Waals surface area contributed by atoms with E-state index in [1.807, 2.05) is 13.0 Å². The second-order valence-electron chi connectivity index (χ2n) is 3.15. The minimum atomic E-state index is -1.06. The van der Waals surface area contributed by atoms with Crippen LogP contribution < -0.4 is 5.32 Å². The van der Waals surface area contributed by atoms with E-state index in [-0.39, 0.29) is 6.42 Å². The van der Waals surface area contributed by atoms with Crippen molar-refractivity contribution in [3.8, 4) is 0 Å². The zero-order valence-electron chi connectivity index (χ0n) is 8.30. The van der Waals surface area contributed by atoms with Crippen LogP contribution in [0.3, 0.4) is 0 Å². The number of hydrogen-bond acceptors (Lipinski definition) is 3. The van der Waals surface area contributed by atoms with Gasteiger partial charge in [-0.15, -0.1) is 0 Å².